The summed E-state index contributed by atoms with van der Waals surface area (Å²) in [6, 6.07) is 14.3. The van der Waals surface area contributed by atoms with Gasteiger partial charge in [0.25, 0.3) is 5.91 Å². The third kappa shape index (κ3) is 4.26. The molecule has 3 aromatic rings. The lowest BCUT2D eigenvalue weighted by molar-refractivity contribution is -0.932. The van der Waals surface area contributed by atoms with Gasteiger partial charge in [-0.15, -0.1) is 11.3 Å². The highest BCUT2D eigenvalue weighted by molar-refractivity contribution is 7.12. The number of rotatable bonds is 6. The molecule has 146 valence electrons. The van der Waals surface area contributed by atoms with E-state index < -0.39 is 0 Å². The van der Waals surface area contributed by atoms with Crippen LogP contribution in [-0.4, -0.2) is 38.6 Å². The fourth-order valence-corrected chi connectivity index (χ4v) is 4.32. The lowest BCUT2D eigenvalue weighted by Crippen LogP contribution is -3.15. The number of carbonyl (C=O) groups is 1. The quantitative estimate of drug-likeness (QED) is 0.668. The largest absolute Gasteiger partial charge is 0.463 e. The fourth-order valence-electron chi connectivity index (χ4n) is 3.68. The second-order valence-corrected chi connectivity index (χ2v) is 7.82. The number of amides is 1. The van der Waals surface area contributed by atoms with Crippen LogP contribution in [0.15, 0.2) is 64.6 Å². The summed E-state index contributed by atoms with van der Waals surface area (Å²) in [7, 11) is 0. The van der Waals surface area contributed by atoms with E-state index in [1.807, 2.05) is 41.8 Å². The molecule has 7 heteroatoms. The molecule has 0 bridgehead atoms. The third-order valence-electron chi connectivity index (χ3n) is 5.19. The van der Waals surface area contributed by atoms with E-state index in [0.29, 0.717) is 11.4 Å². The molecule has 1 atom stereocenters. The molecular weight excluding hydrogens is 377 g/mol. The number of hydrogen-bond donors (Lipinski definition) is 2. The zero-order chi connectivity index (χ0) is 19.3. The summed E-state index contributed by atoms with van der Waals surface area (Å²) in [6.07, 6.45) is 1.68. The molecule has 0 radical (unpaired) electrons. The van der Waals surface area contributed by atoms with Gasteiger partial charge in [-0.2, -0.15) is 0 Å². The van der Waals surface area contributed by atoms with Crippen molar-refractivity contribution in [1.82, 2.24) is 5.32 Å². The summed E-state index contributed by atoms with van der Waals surface area (Å²) in [5, 5.41) is 4.96. The smallest absolute Gasteiger partial charge is 0.261 e. The second-order valence-electron chi connectivity index (χ2n) is 6.88. The van der Waals surface area contributed by atoms with Crippen LogP contribution in [0.1, 0.15) is 21.5 Å². The van der Waals surface area contributed by atoms with Gasteiger partial charge < -0.3 is 19.5 Å². The van der Waals surface area contributed by atoms with Gasteiger partial charge in [-0.1, -0.05) is 6.07 Å². The molecule has 1 aliphatic rings. The molecule has 1 amide bonds. The molecule has 1 fully saturated rings. The Kier molecular flexibility index (Phi) is 5.73. The van der Waals surface area contributed by atoms with Gasteiger partial charge in [0.15, 0.2) is 11.8 Å². The molecule has 3 heterocycles. The van der Waals surface area contributed by atoms with Crippen LogP contribution in [0, 0.1) is 5.82 Å². The van der Waals surface area contributed by atoms with Gasteiger partial charge in [-0.3, -0.25) is 4.79 Å². The van der Waals surface area contributed by atoms with Crippen LogP contribution in [0.4, 0.5) is 10.1 Å². The number of carbonyl (C=O) groups excluding carboxylic acids is 1. The van der Waals surface area contributed by atoms with E-state index in [2.05, 4.69) is 10.2 Å². The first-order valence-electron chi connectivity index (χ1n) is 9.41. The van der Waals surface area contributed by atoms with Gasteiger partial charge in [0, 0.05) is 5.69 Å². The molecule has 4 rings (SSSR count). The first-order chi connectivity index (χ1) is 13.7. The Bertz CT molecular complexity index is 873. The molecule has 1 saturated heterocycles. The first-order valence-corrected chi connectivity index (χ1v) is 10.3. The number of quaternary nitrogens is 1. The first kappa shape index (κ1) is 18.7. The maximum absolute atomic E-state index is 13.2. The lowest BCUT2D eigenvalue weighted by atomic mass is 10.1. The molecule has 28 heavy (non-hydrogen) atoms. The van der Waals surface area contributed by atoms with Gasteiger partial charge in [0.05, 0.1) is 43.9 Å². The van der Waals surface area contributed by atoms with Crippen LogP contribution in [0.5, 0.6) is 0 Å². The van der Waals surface area contributed by atoms with Crippen molar-refractivity contribution in [2.45, 2.75) is 6.04 Å². The molecule has 0 saturated carbocycles. The second kappa shape index (κ2) is 8.58. The monoisotopic (exact) mass is 400 g/mol. The van der Waals surface area contributed by atoms with Crippen LogP contribution in [0.2, 0.25) is 0 Å². The summed E-state index contributed by atoms with van der Waals surface area (Å²) >= 11 is 1.44. The Labute approximate surface area is 167 Å². The van der Waals surface area contributed by atoms with E-state index in [4.69, 9.17) is 4.42 Å². The summed E-state index contributed by atoms with van der Waals surface area (Å²) in [5.74, 6) is 0.625. The van der Waals surface area contributed by atoms with E-state index in [0.717, 1.165) is 37.6 Å². The number of hydrogen-bond acceptors (Lipinski definition) is 4. The molecule has 2 aromatic heterocycles. The average molecular weight is 400 g/mol. The predicted octanol–water partition coefficient (Wildman–Crippen LogP) is 2.36. The maximum Gasteiger partial charge on any atom is 0.261 e. The highest BCUT2D eigenvalue weighted by Gasteiger charge is 2.31. The molecule has 1 aliphatic heterocycles. The number of nitrogens with zero attached hydrogens (tertiary/aromatic N) is 1. The lowest BCUT2D eigenvalue weighted by Gasteiger charge is -2.37. The van der Waals surface area contributed by atoms with Crippen molar-refractivity contribution in [3.8, 4) is 0 Å². The van der Waals surface area contributed by atoms with Crippen molar-refractivity contribution >= 4 is 22.9 Å². The minimum Gasteiger partial charge on any atom is -0.463 e. The van der Waals surface area contributed by atoms with E-state index in [9.17, 15) is 9.18 Å². The van der Waals surface area contributed by atoms with E-state index in [1.54, 1.807) is 6.26 Å². The van der Waals surface area contributed by atoms with Crippen molar-refractivity contribution in [1.29, 1.82) is 0 Å². The molecule has 0 unspecified atom stereocenters. The van der Waals surface area contributed by atoms with Gasteiger partial charge in [-0.05, 0) is 47.8 Å². The van der Waals surface area contributed by atoms with Crippen LogP contribution < -0.4 is 15.1 Å². The molecule has 0 aliphatic carbocycles. The van der Waals surface area contributed by atoms with E-state index in [-0.39, 0.29) is 17.8 Å². The number of halogens is 1. The van der Waals surface area contributed by atoms with E-state index in [1.165, 1.54) is 28.4 Å². The third-order valence-corrected chi connectivity index (χ3v) is 6.06. The Hall–Kier alpha value is -2.64. The van der Waals surface area contributed by atoms with Gasteiger partial charge in [-0.25, -0.2) is 4.39 Å². The highest BCUT2D eigenvalue weighted by atomic mass is 32.1. The molecule has 5 nitrogen and oxygen atoms in total. The normalized spacial score (nSPS) is 16.1. The van der Waals surface area contributed by atoms with Crippen LogP contribution in [0.3, 0.4) is 0 Å². The Morgan fingerprint density at radius 2 is 1.96 bits per heavy atom. The van der Waals surface area contributed by atoms with Crippen molar-refractivity contribution in [2.24, 2.45) is 0 Å². The van der Waals surface area contributed by atoms with Gasteiger partial charge in [0.1, 0.15) is 5.82 Å². The summed E-state index contributed by atoms with van der Waals surface area (Å²) in [6.45, 7) is 4.10. The molecule has 0 spiro atoms. The zero-order valence-electron chi connectivity index (χ0n) is 15.4. The van der Waals surface area contributed by atoms with Crippen molar-refractivity contribution < 1.29 is 18.5 Å². The topological polar surface area (TPSA) is 49.9 Å². The van der Waals surface area contributed by atoms with Gasteiger partial charge in [0.2, 0.25) is 0 Å². The van der Waals surface area contributed by atoms with Crippen LogP contribution in [-0.2, 0) is 0 Å². The number of anilines is 1. The fraction of sp³-hybridized carbons (Fsp3) is 0.286. The number of nitrogens with one attached hydrogen (secondary N) is 2. The minimum absolute atomic E-state index is 0.0455. The number of piperazine rings is 1. The Morgan fingerprint density at radius 3 is 2.61 bits per heavy atom. The van der Waals surface area contributed by atoms with Crippen molar-refractivity contribution in [3.63, 3.8) is 0 Å². The molecular formula is C21H23FN3O2S+. The Morgan fingerprint density at radius 1 is 1.18 bits per heavy atom. The molecule has 2 N–H and O–H groups in total. The summed E-state index contributed by atoms with van der Waals surface area (Å²) < 4.78 is 18.8. The maximum atomic E-state index is 13.2. The standard InChI is InChI=1S/C21H22FN3O2S/c22-16-5-7-17(8-6-16)24-9-11-25(12-10-24)18(19-3-1-13-27-19)15-23-21(26)20-4-2-14-28-20/h1-8,13-14,18H,9-12,15H2,(H,23,26)/p+1/t18-/m0/s1. The van der Waals surface area contributed by atoms with Crippen molar-refractivity contribution in [2.75, 3.05) is 37.6 Å². The zero-order valence-corrected chi connectivity index (χ0v) is 16.3. The summed E-state index contributed by atoms with van der Waals surface area (Å²) in [5.41, 5.74) is 1.04. The number of furan rings is 1. The minimum atomic E-state index is -0.215. The van der Waals surface area contributed by atoms with Gasteiger partial charge >= 0.3 is 0 Å². The van der Waals surface area contributed by atoms with Crippen LogP contribution in [0.25, 0.3) is 0 Å². The van der Waals surface area contributed by atoms with Crippen LogP contribution >= 0.6 is 11.3 Å². The number of thiophene rings is 1. The SMILES string of the molecule is O=C(NC[C@@H](c1ccco1)[NH+]1CCN(c2ccc(F)cc2)CC1)c1cccs1. The number of benzene rings is 1. The molecule has 1 aromatic carbocycles. The highest BCUT2D eigenvalue weighted by Crippen LogP contribution is 2.16. The van der Waals surface area contributed by atoms with Crippen molar-refractivity contribution in [3.05, 3.63) is 76.6 Å². The van der Waals surface area contributed by atoms with E-state index >= 15 is 0 Å². The predicted molar refractivity (Wildman–Crippen MR) is 107 cm³/mol. The summed E-state index contributed by atoms with van der Waals surface area (Å²) in [4.78, 5) is 16.7. The average Bonchev–Trinajstić information content (AvgIpc) is 3.44. The Balaban J connectivity index is 1.40.